The molecule has 0 bridgehead atoms. The summed E-state index contributed by atoms with van der Waals surface area (Å²) < 4.78 is 1.78. The first kappa shape index (κ1) is 16.6. The van der Waals surface area contributed by atoms with E-state index in [-0.39, 0.29) is 5.56 Å². The van der Waals surface area contributed by atoms with Crippen LogP contribution in [0.25, 0.3) is 15.9 Å². The molecule has 5 heteroatoms. The van der Waals surface area contributed by atoms with Crippen LogP contribution in [0, 0.1) is 0 Å². The van der Waals surface area contributed by atoms with Crippen LogP contribution in [-0.4, -0.2) is 15.3 Å². The molecule has 3 aromatic rings. The van der Waals surface area contributed by atoms with Crippen LogP contribution in [0.5, 0.6) is 0 Å². The van der Waals surface area contributed by atoms with Crippen molar-refractivity contribution in [2.24, 2.45) is 0 Å². The minimum absolute atomic E-state index is 0.0693. The summed E-state index contributed by atoms with van der Waals surface area (Å²) in [4.78, 5) is 20.6. The lowest BCUT2D eigenvalue weighted by atomic mass is 9.97. The van der Waals surface area contributed by atoms with Crippen molar-refractivity contribution in [2.45, 2.75) is 37.8 Å². The van der Waals surface area contributed by atoms with Gasteiger partial charge in [-0.25, -0.2) is 4.98 Å². The van der Waals surface area contributed by atoms with Gasteiger partial charge in [-0.05, 0) is 50.3 Å². The summed E-state index contributed by atoms with van der Waals surface area (Å²) in [6.45, 7) is 5.98. The zero-order chi connectivity index (χ0) is 17.4. The summed E-state index contributed by atoms with van der Waals surface area (Å²) >= 11 is 3.29. The average molecular weight is 369 g/mol. The monoisotopic (exact) mass is 368 g/mol. The molecule has 0 atom stereocenters. The third-order valence-corrected chi connectivity index (χ3v) is 6.78. The lowest BCUT2D eigenvalue weighted by Gasteiger charge is -2.13. The third kappa shape index (κ3) is 3.07. The van der Waals surface area contributed by atoms with E-state index < -0.39 is 0 Å². The third-order valence-electron chi connectivity index (χ3n) is 4.42. The van der Waals surface area contributed by atoms with Gasteiger partial charge in [-0.1, -0.05) is 42.1 Å². The molecule has 2 aromatic heterocycles. The Hall–Kier alpha value is -1.85. The number of hydrogen-bond donors (Lipinski definition) is 0. The molecule has 0 spiro atoms. The maximum atomic E-state index is 13.4. The maximum absolute atomic E-state index is 13.4. The van der Waals surface area contributed by atoms with E-state index in [2.05, 4.69) is 6.58 Å². The van der Waals surface area contributed by atoms with Crippen molar-refractivity contribution in [3.8, 4) is 5.69 Å². The highest BCUT2D eigenvalue weighted by molar-refractivity contribution is 7.99. The van der Waals surface area contributed by atoms with Crippen molar-refractivity contribution >= 4 is 33.3 Å². The van der Waals surface area contributed by atoms with Crippen LogP contribution in [0.4, 0.5) is 0 Å². The van der Waals surface area contributed by atoms with Crippen molar-refractivity contribution in [3.05, 3.63) is 63.3 Å². The van der Waals surface area contributed by atoms with E-state index >= 15 is 0 Å². The SMILES string of the molecule is C=C(C)CSc1nc2sc3c(c2c(=O)n1-c1ccccc1)CCCC3. The van der Waals surface area contributed by atoms with Gasteiger partial charge in [0.25, 0.3) is 5.56 Å². The van der Waals surface area contributed by atoms with Gasteiger partial charge in [0.15, 0.2) is 5.16 Å². The number of aromatic nitrogens is 2. The van der Waals surface area contributed by atoms with E-state index in [0.29, 0.717) is 0 Å². The van der Waals surface area contributed by atoms with Gasteiger partial charge in [0.1, 0.15) is 4.83 Å². The maximum Gasteiger partial charge on any atom is 0.267 e. The number of rotatable bonds is 4. The van der Waals surface area contributed by atoms with Crippen LogP contribution in [0.1, 0.15) is 30.2 Å². The molecular weight excluding hydrogens is 348 g/mol. The molecule has 1 aromatic carbocycles. The van der Waals surface area contributed by atoms with Crippen LogP contribution in [0.2, 0.25) is 0 Å². The number of benzene rings is 1. The highest BCUT2D eigenvalue weighted by Gasteiger charge is 2.22. The Balaban J connectivity index is 1.98. The number of fused-ring (bicyclic) bond motifs is 3. The van der Waals surface area contributed by atoms with E-state index in [9.17, 15) is 4.79 Å². The van der Waals surface area contributed by atoms with E-state index in [1.165, 1.54) is 16.9 Å². The molecule has 0 N–H and O–H groups in total. The van der Waals surface area contributed by atoms with Crippen molar-refractivity contribution < 1.29 is 0 Å². The summed E-state index contributed by atoms with van der Waals surface area (Å²) in [5, 5.41) is 1.59. The molecular formula is C20H20N2OS2. The van der Waals surface area contributed by atoms with Crippen LogP contribution in [-0.2, 0) is 12.8 Å². The Morgan fingerprint density at radius 3 is 2.80 bits per heavy atom. The fourth-order valence-corrected chi connectivity index (χ4v) is 5.43. The van der Waals surface area contributed by atoms with Crippen molar-refractivity contribution in [2.75, 3.05) is 5.75 Å². The van der Waals surface area contributed by atoms with E-state index in [0.717, 1.165) is 51.6 Å². The van der Waals surface area contributed by atoms with Gasteiger partial charge in [-0.3, -0.25) is 9.36 Å². The van der Waals surface area contributed by atoms with Crippen LogP contribution >= 0.6 is 23.1 Å². The second kappa shape index (κ2) is 6.81. The highest BCUT2D eigenvalue weighted by Crippen LogP contribution is 2.35. The zero-order valence-electron chi connectivity index (χ0n) is 14.2. The first-order valence-corrected chi connectivity index (χ1v) is 10.4. The molecule has 128 valence electrons. The van der Waals surface area contributed by atoms with Gasteiger partial charge in [0.2, 0.25) is 0 Å². The topological polar surface area (TPSA) is 34.9 Å². The number of nitrogens with zero attached hydrogens (tertiary/aromatic N) is 2. The lowest BCUT2D eigenvalue weighted by Crippen LogP contribution is -2.22. The van der Waals surface area contributed by atoms with Gasteiger partial charge in [-0.15, -0.1) is 11.3 Å². The molecule has 4 rings (SSSR count). The molecule has 1 aliphatic carbocycles. The molecule has 0 unspecified atom stereocenters. The Bertz CT molecular complexity index is 1000. The Morgan fingerprint density at radius 2 is 2.04 bits per heavy atom. The zero-order valence-corrected chi connectivity index (χ0v) is 15.9. The fraction of sp³-hybridized carbons (Fsp3) is 0.300. The highest BCUT2D eigenvalue weighted by atomic mass is 32.2. The summed E-state index contributed by atoms with van der Waals surface area (Å²) in [6.07, 6.45) is 4.45. The van der Waals surface area contributed by atoms with Gasteiger partial charge < -0.3 is 0 Å². The number of aryl methyl sites for hydroxylation is 2. The first-order valence-electron chi connectivity index (χ1n) is 8.55. The molecule has 0 saturated heterocycles. The Kier molecular flexibility index (Phi) is 4.52. The molecule has 0 radical (unpaired) electrons. The number of thiophene rings is 1. The van der Waals surface area contributed by atoms with Gasteiger partial charge in [-0.2, -0.15) is 0 Å². The summed E-state index contributed by atoms with van der Waals surface area (Å²) in [5.74, 6) is 0.760. The molecule has 0 aliphatic heterocycles. The van der Waals surface area contributed by atoms with Gasteiger partial charge >= 0.3 is 0 Å². The normalized spacial score (nSPS) is 13.8. The number of hydrogen-bond acceptors (Lipinski definition) is 4. The lowest BCUT2D eigenvalue weighted by molar-refractivity contribution is 0.699. The van der Waals surface area contributed by atoms with Gasteiger partial charge in [0, 0.05) is 10.6 Å². The first-order chi connectivity index (χ1) is 12.1. The summed E-state index contributed by atoms with van der Waals surface area (Å²) in [5.41, 5.74) is 3.26. The standard InChI is InChI=1S/C20H20N2OS2/c1-13(2)12-24-20-21-18-17(15-10-6-7-11-16(15)25-18)19(23)22(20)14-8-4-3-5-9-14/h3-5,8-9H,1,6-7,10-12H2,2H3. The minimum Gasteiger partial charge on any atom is -0.268 e. The molecule has 25 heavy (non-hydrogen) atoms. The Morgan fingerprint density at radius 1 is 1.28 bits per heavy atom. The average Bonchev–Trinajstić information content (AvgIpc) is 2.99. The van der Waals surface area contributed by atoms with Crippen molar-refractivity contribution in [1.82, 2.24) is 9.55 Å². The molecule has 0 amide bonds. The van der Waals surface area contributed by atoms with E-state index in [1.54, 1.807) is 27.7 Å². The summed E-state index contributed by atoms with van der Waals surface area (Å²) in [7, 11) is 0. The predicted octanol–water partition coefficient (Wildman–Crippen LogP) is 4.99. The van der Waals surface area contributed by atoms with Crippen LogP contribution in [0.3, 0.4) is 0 Å². The summed E-state index contributed by atoms with van der Waals surface area (Å²) in [6, 6.07) is 9.83. The predicted molar refractivity (Wildman–Crippen MR) is 107 cm³/mol. The molecule has 1 aliphatic rings. The van der Waals surface area contributed by atoms with Crippen LogP contribution in [0.15, 0.2) is 52.4 Å². The largest absolute Gasteiger partial charge is 0.268 e. The smallest absolute Gasteiger partial charge is 0.267 e. The molecule has 0 fully saturated rings. The second-order valence-electron chi connectivity index (χ2n) is 6.51. The van der Waals surface area contributed by atoms with Crippen molar-refractivity contribution in [3.63, 3.8) is 0 Å². The van der Waals surface area contributed by atoms with E-state index in [1.807, 2.05) is 37.3 Å². The van der Waals surface area contributed by atoms with Crippen LogP contribution < -0.4 is 5.56 Å². The minimum atomic E-state index is 0.0693. The number of thioether (sulfide) groups is 1. The molecule has 3 nitrogen and oxygen atoms in total. The van der Waals surface area contributed by atoms with Crippen molar-refractivity contribution in [1.29, 1.82) is 0 Å². The molecule has 2 heterocycles. The van der Waals surface area contributed by atoms with Gasteiger partial charge in [0.05, 0.1) is 11.1 Å². The number of para-hydroxylation sites is 1. The molecule has 0 saturated carbocycles. The second-order valence-corrected chi connectivity index (χ2v) is 8.53. The Labute approximate surface area is 155 Å². The quantitative estimate of drug-likeness (QED) is 0.369. The van der Waals surface area contributed by atoms with E-state index in [4.69, 9.17) is 4.98 Å². The fourth-order valence-electron chi connectivity index (χ4n) is 3.28.